The number of carbonyl (C=O) groups is 2. The van der Waals surface area contributed by atoms with Gasteiger partial charge in [-0.05, 0) is 49.8 Å². The fourth-order valence-electron chi connectivity index (χ4n) is 2.24. The second kappa shape index (κ2) is 6.56. The molecule has 1 fully saturated rings. The zero-order chi connectivity index (χ0) is 15.4. The predicted octanol–water partition coefficient (Wildman–Crippen LogP) is 1.92. The van der Waals surface area contributed by atoms with Gasteiger partial charge in [-0.3, -0.25) is 0 Å². The minimum absolute atomic E-state index is 0.0423. The number of carboxylic acids is 1. The molecule has 0 saturated heterocycles. The standard InChI is InChI=1S/C15H19FN2O3/c1-9(8-10-2-6-12(16)7-3-10)17-15(21)18-13(14(19)20)11-4-5-11/h2-3,6-7,9,11,13H,4-5,8H2,1H3,(H,19,20)(H2,17,18,21). The van der Waals surface area contributed by atoms with Crippen molar-refractivity contribution in [3.63, 3.8) is 0 Å². The third-order valence-corrected chi connectivity index (χ3v) is 3.48. The molecule has 0 aliphatic heterocycles. The highest BCUT2D eigenvalue weighted by Gasteiger charge is 2.37. The highest BCUT2D eigenvalue weighted by atomic mass is 19.1. The summed E-state index contributed by atoms with van der Waals surface area (Å²) in [5.74, 6) is -1.26. The van der Waals surface area contributed by atoms with E-state index in [1.807, 2.05) is 6.92 Å². The van der Waals surface area contributed by atoms with Crippen LogP contribution < -0.4 is 10.6 Å². The average molecular weight is 294 g/mol. The van der Waals surface area contributed by atoms with Crippen LogP contribution in [-0.2, 0) is 11.2 Å². The van der Waals surface area contributed by atoms with Gasteiger partial charge in [0.15, 0.2) is 0 Å². The van der Waals surface area contributed by atoms with Crippen molar-refractivity contribution in [1.29, 1.82) is 0 Å². The van der Waals surface area contributed by atoms with Crippen LogP contribution in [0.5, 0.6) is 0 Å². The molecular weight excluding hydrogens is 275 g/mol. The van der Waals surface area contributed by atoms with Crippen LogP contribution >= 0.6 is 0 Å². The molecule has 6 heteroatoms. The van der Waals surface area contributed by atoms with E-state index >= 15 is 0 Å². The van der Waals surface area contributed by atoms with Gasteiger partial charge in [0, 0.05) is 6.04 Å². The van der Waals surface area contributed by atoms with Crippen LogP contribution in [0, 0.1) is 11.7 Å². The Balaban J connectivity index is 1.81. The largest absolute Gasteiger partial charge is 0.480 e. The smallest absolute Gasteiger partial charge is 0.326 e. The summed E-state index contributed by atoms with van der Waals surface area (Å²) in [5.41, 5.74) is 0.904. The number of hydrogen-bond acceptors (Lipinski definition) is 2. The normalized spacial score (nSPS) is 16.9. The Morgan fingerprint density at radius 2 is 1.90 bits per heavy atom. The summed E-state index contributed by atoms with van der Waals surface area (Å²) in [7, 11) is 0. The van der Waals surface area contributed by atoms with Gasteiger partial charge >= 0.3 is 12.0 Å². The van der Waals surface area contributed by atoms with Crippen molar-refractivity contribution in [1.82, 2.24) is 10.6 Å². The Morgan fingerprint density at radius 3 is 2.43 bits per heavy atom. The molecule has 5 nitrogen and oxygen atoms in total. The quantitative estimate of drug-likeness (QED) is 0.750. The van der Waals surface area contributed by atoms with Gasteiger partial charge in [0.25, 0.3) is 0 Å². The number of urea groups is 1. The van der Waals surface area contributed by atoms with Crippen LogP contribution in [0.1, 0.15) is 25.3 Å². The molecule has 0 aromatic heterocycles. The average Bonchev–Trinajstić information content (AvgIpc) is 3.22. The molecule has 1 aromatic rings. The molecule has 0 radical (unpaired) electrons. The van der Waals surface area contributed by atoms with E-state index in [9.17, 15) is 14.0 Å². The van der Waals surface area contributed by atoms with Gasteiger partial charge in [-0.15, -0.1) is 0 Å². The van der Waals surface area contributed by atoms with Gasteiger partial charge < -0.3 is 15.7 Å². The number of carboxylic acid groups (broad SMARTS) is 1. The van der Waals surface area contributed by atoms with Crippen LogP contribution in [0.25, 0.3) is 0 Å². The minimum atomic E-state index is -1.00. The van der Waals surface area contributed by atoms with Gasteiger partial charge in [-0.1, -0.05) is 12.1 Å². The molecular formula is C15H19FN2O3. The van der Waals surface area contributed by atoms with Crippen molar-refractivity contribution >= 4 is 12.0 Å². The van der Waals surface area contributed by atoms with E-state index < -0.39 is 18.0 Å². The Kier molecular flexibility index (Phi) is 4.77. The zero-order valence-corrected chi connectivity index (χ0v) is 11.8. The van der Waals surface area contributed by atoms with Crippen LogP contribution in [0.3, 0.4) is 0 Å². The van der Waals surface area contributed by atoms with E-state index in [1.54, 1.807) is 12.1 Å². The topological polar surface area (TPSA) is 78.4 Å². The summed E-state index contributed by atoms with van der Waals surface area (Å²) in [6, 6.07) is 4.59. The Hall–Kier alpha value is -2.11. The molecule has 0 heterocycles. The molecule has 2 rings (SSSR count). The number of hydrogen-bond donors (Lipinski definition) is 3. The maximum atomic E-state index is 12.8. The molecule has 2 atom stereocenters. The Bertz CT molecular complexity index is 514. The molecule has 3 N–H and O–H groups in total. The maximum Gasteiger partial charge on any atom is 0.326 e. The van der Waals surface area contributed by atoms with Crippen molar-refractivity contribution < 1.29 is 19.1 Å². The maximum absolute atomic E-state index is 12.8. The summed E-state index contributed by atoms with van der Waals surface area (Å²) in [4.78, 5) is 22.8. The number of nitrogens with one attached hydrogen (secondary N) is 2. The highest BCUT2D eigenvalue weighted by molar-refractivity contribution is 5.83. The lowest BCUT2D eigenvalue weighted by atomic mass is 10.1. The number of aliphatic carboxylic acids is 1. The van der Waals surface area contributed by atoms with Gasteiger partial charge in [0.05, 0.1) is 0 Å². The van der Waals surface area contributed by atoms with Crippen molar-refractivity contribution in [3.05, 3.63) is 35.6 Å². The minimum Gasteiger partial charge on any atom is -0.480 e. The molecule has 1 aliphatic rings. The highest BCUT2D eigenvalue weighted by Crippen LogP contribution is 2.32. The zero-order valence-electron chi connectivity index (χ0n) is 11.8. The molecule has 0 bridgehead atoms. The fourth-order valence-corrected chi connectivity index (χ4v) is 2.24. The summed E-state index contributed by atoms with van der Waals surface area (Å²) in [6.07, 6.45) is 2.22. The number of carbonyl (C=O) groups excluding carboxylic acids is 1. The van der Waals surface area contributed by atoms with Crippen molar-refractivity contribution in [2.24, 2.45) is 5.92 Å². The Labute approximate surface area is 122 Å². The van der Waals surface area contributed by atoms with Crippen LogP contribution in [-0.4, -0.2) is 29.2 Å². The van der Waals surface area contributed by atoms with E-state index in [0.717, 1.165) is 18.4 Å². The molecule has 114 valence electrons. The van der Waals surface area contributed by atoms with Gasteiger partial charge in [0.2, 0.25) is 0 Å². The van der Waals surface area contributed by atoms with Gasteiger partial charge in [-0.25, -0.2) is 14.0 Å². The summed E-state index contributed by atoms with van der Waals surface area (Å²) >= 11 is 0. The second-order valence-electron chi connectivity index (χ2n) is 5.50. The first kappa shape index (κ1) is 15.3. The van der Waals surface area contributed by atoms with E-state index in [2.05, 4.69) is 10.6 Å². The van der Waals surface area contributed by atoms with Gasteiger partial charge in [-0.2, -0.15) is 0 Å². The number of halogens is 1. The summed E-state index contributed by atoms with van der Waals surface area (Å²) in [6.45, 7) is 1.82. The molecule has 1 aliphatic carbocycles. The number of amides is 2. The van der Waals surface area contributed by atoms with Crippen molar-refractivity contribution in [2.75, 3.05) is 0 Å². The third kappa shape index (κ3) is 4.73. The lowest BCUT2D eigenvalue weighted by Gasteiger charge is -2.18. The second-order valence-corrected chi connectivity index (χ2v) is 5.50. The van der Waals surface area contributed by atoms with Crippen LogP contribution in [0.4, 0.5) is 9.18 Å². The first-order valence-corrected chi connectivity index (χ1v) is 7.00. The molecule has 1 aromatic carbocycles. The molecule has 2 unspecified atom stereocenters. The Morgan fingerprint density at radius 1 is 1.29 bits per heavy atom. The predicted molar refractivity (Wildman–Crippen MR) is 75.4 cm³/mol. The molecule has 2 amide bonds. The molecule has 1 saturated carbocycles. The van der Waals surface area contributed by atoms with E-state index in [1.165, 1.54) is 12.1 Å². The van der Waals surface area contributed by atoms with Crippen LogP contribution in [0.2, 0.25) is 0 Å². The lowest BCUT2D eigenvalue weighted by Crippen LogP contribution is -2.49. The third-order valence-electron chi connectivity index (χ3n) is 3.48. The molecule has 21 heavy (non-hydrogen) atoms. The SMILES string of the molecule is CC(Cc1ccc(F)cc1)NC(=O)NC(C(=O)O)C1CC1. The van der Waals surface area contributed by atoms with E-state index in [4.69, 9.17) is 5.11 Å². The molecule has 0 spiro atoms. The van der Waals surface area contributed by atoms with Crippen molar-refractivity contribution in [2.45, 2.75) is 38.3 Å². The number of rotatable bonds is 6. The number of benzene rings is 1. The van der Waals surface area contributed by atoms with E-state index in [-0.39, 0.29) is 17.8 Å². The van der Waals surface area contributed by atoms with Gasteiger partial charge in [0.1, 0.15) is 11.9 Å². The first-order chi connectivity index (χ1) is 9.95. The van der Waals surface area contributed by atoms with Crippen molar-refractivity contribution in [3.8, 4) is 0 Å². The first-order valence-electron chi connectivity index (χ1n) is 7.00. The summed E-state index contributed by atoms with van der Waals surface area (Å²) < 4.78 is 12.8. The monoisotopic (exact) mass is 294 g/mol. The van der Waals surface area contributed by atoms with E-state index in [0.29, 0.717) is 6.42 Å². The van der Waals surface area contributed by atoms with Crippen LogP contribution in [0.15, 0.2) is 24.3 Å². The fraction of sp³-hybridized carbons (Fsp3) is 0.467. The lowest BCUT2D eigenvalue weighted by molar-refractivity contribution is -0.139. The summed E-state index contributed by atoms with van der Waals surface area (Å²) in [5, 5.41) is 14.2.